The lowest BCUT2D eigenvalue weighted by Crippen LogP contribution is -2.10. The second-order valence-electron chi connectivity index (χ2n) is 11.6. The summed E-state index contributed by atoms with van der Waals surface area (Å²) in [5, 5.41) is 2.49. The van der Waals surface area contributed by atoms with Crippen LogP contribution in [0.2, 0.25) is 0 Å². The zero-order chi connectivity index (χ0) is 33.5. The molecule has 3 aromatic rings. The summed E-state index contributed by atoms with van der Waals surface area (Å²) in [7, 11) is 0. The predicted molar refractivity (Wildman–Crippen MR) is 196 cm³/mol. The summed E-state index contributed by atoms with van der Waals surface area (Å²) in [4.78, 5) is 34.1. The van der Waals surface area contributed by atoms with Crippen molar-refractivity contribution in [3.8, 4) is 21.8 Å². The number of rotatable bonds is 13. The van der Waals surface area contributed by atoms with E-state index in [1.807, 2.05) is 30.7 Å². The minimum atomic E-state index is -0.261. The number of carbonyl (C=O) groups is 1. The molecule has 246 valence electrons. The number of thiazole rings is 1. The average Bonchev–Trinajstić information content (AvgIpc) is 3.65. The minimum absolute atomic E-state index is 0.104. The Morgan fingerprint density at radius 3 is 2.00 bits per heavy atom. The van der Waals surface area contributed by atoms with Crippen LogP contribution in [0.4, 0.5) is 0 Å². The number of aromatic nitrogens is 3. The Morgan fingerprint density at radius 2 is 1.52 bits per heavy atom. The van der Waals surface area contributed by atoms with E-state index in [-0.39, 0.29) is 11.3 Å². The monoisotopic (exact) mass is 623 g/mol. The quantitative estimate of drug-likeness (QED) is 0.147. The van der Waals surface area contributed by atoms with Crippen LogP contribution in [0.15, 0.2) is 47.4 Å². The number of Topliss-reactive ketones (excluding diaryl/α,β-unsaturated/α-hetero) is 1. The van der Waals surface area contributed by atoms with Crippen LogP contribution in [0, 0.1) is 18.8 Å². The molecule has 0 radical (unpaired) electrons. The molecule has 5 nitrogen and oxygen atoms in total. The van der Waals surface area contributed by atoms with Crippen LogP contribution in [0.5, 0.6) is 0 Å². The van der Waals surface area contributed by atoms with E-state index in [4.69, 9.17) is 0 Å². The van der Waals surface area contributed by atoms with Gasteiger partial charge in [0.2, 0.25) is 0 Å². The van der Waals surface area contributed by atoms with E-state index in [9.17, 15) is 9.59 Å². The van der Waals surface area contributed by atoms with Crippen LogP contribution < -0.4 is 5.56 Å². The Kier molecular flexibility index (Phi) is 22.7. The number of hydrogen-bond donors (Lipinski definition) is 2. The first kappa shape index (κ1) is 41.0. The Labute approximate surface area is 272 Å². The number of hydrogen-bond acceptors (Lipinski definition) is 4. The van der Waals surface area contributed by atoms with Gasteiger partial charge < -0.3 is 9.97 Å². The van der Waals surface area contributed by atoms with Crippen molar-refractivity contribution >= 4 is 23.2 Å². The molecule has 0 saturated heterocycles. The highest BCUT2D eigenvalue weighted by atomic mass is 32.1. The van der Waals surface area contributed by atoms with E-state index < -0.39 is 0 Å². The number of carbonyl (C=O) groups excluding carboxylic acids is 1. The SMILES string of the molecule is C=C/C=C\c1c(-c2csc(-c3cc(C(C)=O)c[nH]c3=O)n2)c[nH]c1C.CCC.CCCCC(C)CC.CCCCC(C)CC. The summed E-state index contributed by atoms with van der Waals surface area (Å²) < 4.78 is 0. The van der Waals surface area contributed by atoms with Gasteiger partial charge in [0.05, 0.1) is 11.3 Å². The van der Waals surface area contributed by atoms with Crippen molar-refractivity contribution < 1.29 is 4.79 Å². The van der Waals surface area contributed by atoms with Crippen LogP contribution in [-0.2, 0) is 0 Å². The first-order chi connectivity index (χ1) is 21.0. The molecule has 0 aromatic carbocycles. The molecule has 3 rings (SSSR count). The first-order valence-electron chi connectivity index (χ1n) is 16.7. The first-order valence-corrected chi connectivity index (χ1v) is 17.6. The maximum atomic E-state index is 12.1. The molecule has 3 aromatic heterocycles. The number of nitrogens with zero attached hydrogens (tertiary/aromatic N) is 1. The number of ketones is 1. The fourth-order valence-corrected chi connectivity index (χ4v) is 4.84. The van der Waals surface area contributed by atoms with Crippen LogP contribution in [0.3, 0.4) is 0 Å². The predicted octanol–water partition coefficient (Wildman–Crippen LogP) is 12.1. The second kappa shape index (κ2) is 24.3. The van der Waals surface area contributed by atoms with Crippen molar-refractivity contribution in [3.63, 3.8) is 0 Å². The van der Waals surface area contributed by atoms with Gasteiger partial charge in [-0.3, -0.25) is 9.59 Å². The number of aromatic amines is 2. The number of nitrogens with one attached hydrogen (secondary N) is 2. The average molecular weight is 624 g/mol. The highest BCUT2D eigenvalue weighted by molar-refractivity contribution is 7.13. The molecule has 2 N–H and O–H groups in total. The number of unbranched alkanes of at least 4 members (excludes halogenated alkanes) is 2. The molecule has 0 aliphatic rings. The normalized spacial score (nSPS) is 11.8. The third kappa shape index (κ3) is 15.7. The van der Waals surface area contributed by atoms with E-state index >= 15 is 0 Å². The molecule has 0 aliphatic heterocycles. The Hall–Kier alpha value is -2.99. The molecule has 2 unspecified atom stereocenters. The van der Waals surface area contributed by atoms with Crippen molar-refractivity contribution in [2.75, 3.05) is 0 Å². The summed E-state index contributed by atoms with van der Waals surface area (Å²) >= 11 is 1.37. The zero-order valence-electron chi connectivity index (χ0n) is 29.4. The van der Waals surface area contributed by atoms with E-state index in [0.717, 1.165) is 34.4 Å². The number of aryl methyl sites for hydroxylation is 1. The molecule has 0 aliphatic carbocycles. The Balaban J connectivity index is 0.000000799. The molecule has 0 spiro atoms. The van der Waals surface area contributed by atoms with E-state index in [2.05, 4.69) is 76.9 Å². The molecule has 6 heteroatoms. The van der Waals surface area contributed by atoms with E-state index in [1.54, 1.807) is 12.1 Å². The number of H-pyrrole nitrogens is 2. The second-order valence-corrected chi connectivity index (χ2v) is 12.4. The lowest BCUT2D eigenvalue weighted by molar-refractivity contribution is 0.101. The summed E-state index contributed by atoms with van der Waals surface area (Å²) in [5.41, 5.74) is 4.39. The minimum Gasteiger partial charge on any atom is -0.364 e. The summed E-state index contributed by atoms with van der Waals surface area (Å²) in [6, 6.07) is 1.59. The van der Waals surface area contributed by atoms with Gasteiger partial charge in [-0.2, -0.15) is 0 Å². The van der Waals surface area contributed by atoms with Crippen molar-refractivity contribution in [1.29, 1.82) is 0 Å². The lowest BCUT2D eigenvalue weighted by Gasteiger charge is -2.04. The van der Waals surface area contributed by atoms with Crippen LogP contribution >= 0.6 is 11.3 Å². The standard InChI is InChI=1S/C19H17N3O2S.2C8H18.C3H8/c1-4-5-6-14-11(2)20-9-16(14)17-10-25-19(22-17)15-7-13(12(3)23)8-21-18(15)24;2*1-4-6-7-8(3)5-2;1-3-2/h4-10,20H,1H2,2-3H3,(H,21,24);2*8H,4-7H2,1-3H3;3H2,1-2H3/b6-5-;;;. The van der Waals surface area contributed by atoms with Crippen molar-refractivity contribution in [3.05, 3.63) is 69.7 Å². The van der Waals surface area contributed by atoms with Gasteiger partial charge >= 0.3 is 0 Å². The molecule has 0 fully saturated rings. The highest BCUT2D eigenvalue weighted by Gasteiger charge is 2.15. The van der Waals surface area contributed by atoms with Crippen molar-refractivity contribution in [2.24, 2.45) is 11.8 Å². The van der Waals surface area contributed by atoms with Gasteiger partial charge in [0, 0.05) is 40.2 Å². The molecular weight excluding hydrogens is 563 g/mol. The van der Waals surface area contributed by atoms with Crippen LogP contribution in [0.25, 0.3) is 27.9 Å². The van der Waals surface area contributed by atoms with Gasteiger partial charge in [0.1, 0.15) is 5.01 Å². The third-order valence-corrected chi connectivity index (χ3v) is 8.22. The third-order valence-electron chi connectivity index (χ3n) is 7.34. The van der Waals surface area contributed by atoms with Crippen LogP contribution in [0.1, 0.15) is 142 Å². The molecule has 44 heavy (non-hydrogen) atoms. The van der Waals surface area contributed by atoms with Gasteiger partial charge in [-0.25, -0.2) is 4.98 Å². The molecule has 0 amide bonds. The van der Waals surface area contributed by atoms with E-state index in [0.29, 0.717) is 16.1 Å². The van der Waals surface area contributed by atoms with Gasteiger partial charge in [-0.1, -0.05) is 138 Å². The van der Waals surface area contributed by atoms with Gasteiger partial charge in [-0.15, -0.1) is 11.3 Å². The summed E-state index contributed by atoms with van der Waals surface area (Å²) in [6.07, 6.45) is 21.2. The van der Waals surface area contributed by atoms with Crippen molar-refractivity contribution in [2.45, 2.75) is 127 Å². The summed E-state index contributed by atoms with van der Waals surface area (Å²) in [5.74, 6) is 1.80. The van der Waals surface area contributed by atoms with Crippen molar-refractivity contribution in [1.82, 2.24) is 15.0 Å². The van der Waals surface area contributed by atoms with Gasteiger partial charge in [0.15, 0.2) is 5.78 Å². The molecule has 0 saturated carbocycles. The zero-order valence-corrected chi connectivity index (χ0v) is 30.3. The molecular formula is C38H61N3O2S. The number of allylic oxidation sites excluding steroid dienone is 2. The lowest BCUT2D eigenvalue weighted by atomic mass is 10.0. The Morgan fingerprint density at radius 1 is 0.955 bits per heavy atom. The Bertz CT molecular complexity index is 1270. The largest absolute Gasteiger partial charge is 0.364 e. The maximum absolute atomic E-state index is 12.1. The van der Waals surface area contributed by atoms with Gasteiger partial charge in [-0.05, 0) is 31.7 Å². The molecule has 2 atom stereocenters. The van der Waals surface area contributed by atoms with Gasteiger partial charge in [0.25, 0.3) is 5.56 Å². The molecule has 3 heterocycles. The van der Waals surface area contributed by atoms with Crippen LogP contribution in [-0.4, -0.2) is 20.7 Å². The topological polar surface area (TPSA) is 78.6 Å². The molecule has 0 bridgehead atoms. The fraction of sp³-hybridized carbons (Fsp3) is 0.553. The fourth-order valence-electron chi connectivity index (χ4n) is 4.01. The van der Waals surface area contributed by atoms with E-state index in [1.165, 1.54) is 82.2 Å². The smallest absolute Gasteiger partial charge is 0.258 e. The highest BCUT2D eigenvalue weighted by Crippen LogP contribution is 2.31. The summed E-state index contributed by atoms with van der Waals surface area (Å²) in [6.45, 7) is 25.1. The maximum Gasteiger partial charge on any atom is 0.258 e. The number of pyridine rings is 1.